The Labute approximate surface area is 95.6 Å². The van der Waals surface area contributed by atoms with Crippen molar-refractivity contribution >= 4 is 0 Å². The van der Waals surface area contributed by atoms with E-state index in [4.69, 9.17) is 10.3 Å². The third-order valence-electron chi connectivity index (χ3n) is 4.05. The van der Waals surface area contributed by atoms with Crippen molar-refractivity contribution in [3.8, 4) is 0 Å². The van der Waals surface area contributed by atoms with Gasteiger partial charge < -0.3 is 10.3 Å². The number of hydrogen-bond donors (Lipinski definition) is 1. The van der Waals surface area contributed by atoms with Gasteiger partial charge in [0.2, 0.25) is 5.89 Å². The molecule has 4 heteroatoms. The molecule has 1 heterocycles. The summed E-state index contributed by atoms with van der Waals surface area (Å²) >= 11 is 0. The number of hydrogen-bond acceptors (Lipinski definition) is 4. The monoisotopic (exact) mass is 221 g/mol. The molecule has 1 atom stereocenters. The van der Waals surface area contributed by atoms with Gasteiger partial charge >= 0.3 is 0 Å². The van der Waals surface area contributed by atoms with Gasteiger partial charge in [-0.05, 0) is 38.5 Å². The Morgan fingerprint density at radius 1 is 1.25 bits per heavy atom. The molecule has 16 heavy (non-hydrogen) atoms. The van der Waals surface area contributed by atoms with Gasteiger partial charge in [0.1, 0.15) is 0 Å². The van der Waals surface area contributed by atoms with Crippen LogP contribution in [0.25, 0.3) is 0 Å². The fraction of sp³-hybridized carbons (Fsp3) is 0.833. The van der Waals surface area contributed by atoms with E-state index in [1.807, 2.05) is 6.92 Å². The largest absolute Gasteiger partial charge is 0.339 e. The van der Waals surface area contributed by atoms with Crippen LogP contribution >= 0.6 is 0 Å². The average molecular weight is 221 g/mol. The van der Waals surface area contributed by atoms with Crippen LogP contribution in [0, 0.1) is 5.92 Å². The minimum absolute atomic E-state index is 0.410. The highest BCUT2D eigenvalue weighted by Gasteiger charge is 2.39. The molecule has 2 saturated carbocycles. The predicted molar refractivity (Wildman–Crippen MR) is 59.8 cm³/mol. The average Bonchev–Trinajstić information content (AvgIpc) is 2.83. The molecule has 1 unspecified atom stereocenters. The Bertz CT molecular complexity index is 375. The molecule has 2 aliphatic carbocycles. The smallest absolute Gasteiger partial charge is 0.229 e. The molecule has 0 radical (unpaired) electrons. The van der Waals surface area contributed by atoms with Crippen LogP contribution in [0.4, 0.5) is 0 Å². The van der Waals surface area contributed by atoms with E-state index >= 15 is 0 Å². The van der Waals surface area contributed by atoms with Crippen molar-refractivity contribution in [3.05, 3.63) is 11.7 Å². The molecule has 1 aromatic heterocycles. The Balaban J connectivity index is 1.82. The van der Waals surface area contributed by atoms with Gasteiger partial charge in [-0.2, -0.15) is 4.98 Å². The van der Waals surface area contributed by atoms with Crippen LogP contribution in [0.2, 0.25) is 0 Å². The van der Waals surface area contributed by atoms with Crippen LogP contribution in [0.15, 0.2) is 4.52 Å². The molecular weight excluding hydrogens is 202 g/mol. The van der Waals surface area contributed by atoms with Crippen LogP contribution in [-0.2, 0) is 5.54 Å². The van der Waals surface area contributed by atoms with E-state index in [1.54, 1.807) is 0 Å². The van der Waals surface area contributed by atoms with Crippen molar-refractivity contribution in [2.45, 2.75) is 56.9 Å². The highest BCUT2D eigenvalue weighted by Crippen LogP contribution is 2.41. The topological polar surface area (TPSA) is 64.9 Å². The lowest BCUT2D eigenvalue weighted by Gasteiger charge is -2.27. The maximum absolute atomic E-state index is 6.39. The number of nitrogens with two attached hydrogens (primary N) is 1. The van der Waals surface area contributed by atoms with Crippen molar-refractivity contribution in [2.75, 3.05) is 0 Å². The summed E-state index contributed by atoms with van der Waals surface area (Å²) in [5.41, 5.74) is 5.98. The second-order valence-electron chi connectivity index (χ2n) is 5.49. The maximum atomic E-state index is 6.39. The SMILES string of the molecule is CC(N)(c1noc(C2CC2)n1)C1CCCC1. The lowest BCUT2D eigenvalue weighted by molar-refractivity contribution is 0.275. The van der Waals surface area contributed by atoms with Gasteiger partial charge in [-0.15, -0.1) is 0 Å². The number of rotatable bonds is 3. The number of nitrogens with zero attached hydrogens (tertiary/aromatic N) is 2. The second-order valence-corrected chi connectivity index (χ2v) is 5.49. The summed E-state index contributed by atoms with van der Waals surface area (Å²) < 4.78 is 5.29. The third-order valence-corrected chi connectivity index (χ3v) is 4.05. The quantitative estimate of drug-likeness (QED) is 0.850. The maximum Gasteiger partial charge on any atom is 0.229 e. The molecule has 2 fully saturated rings. The van der Waals surface area contributed by atoms with Gasteiger partial charge in [0.25, 0.3) is 0 Å². The van der Waals surface area contributed by atoms with Crippen LogP contribution < -0.4 is 5.73 Å². The van der Waals surface area contributed by atoms with E-state index in [9.17, 15) is 0 Å². The lowest BCUT2D eigenvalue weighted by atomic mass is 9.84. The third kappa shape index (κ3) is 1.65. The normalized spacial score (nSPS) is 25.9. The van der Waals surface area contributed by atoms with E-state index in [2.05, 4.69) is 10.1 Å². The summed E-state index contributed by atoms with van der Waals surface area (Å²) in [6.45, 7) is 2.05. The van der Waals surface area contributed by atoms with Gasteiger partial charge in [-0.1, -0.05) is 18.0 Å². The van der Waals surface area contributed by atoms with Gasteiger partial charge in [0.15, 0.2) is 5.82 Å². The molecule has 1 aromatic rings. The molecule has 4 nitrogen and oxygen atoms in total. The molecule has 2 N–H and O–H groups in total. The highest BCUT2D eigenvalue weighted by molar-refractivity contribution is 5.09. The van der Waals surface area contributed by atoms with Crippen LogP contribution in [0.1, 0.15) is 63.1 Å². The summed E-state index contributed by atoms with van der Waals surface area (Å²) in [6.07, 6.45) is 7.33. The van der Waals surface area contributed by atoms with Gasteiger partial charge in [0.05, 0.1) is 5.54 Å². The molecule has 0 aliphatic heterocycles. The standard InChI is InChI=1S/C12H19N3O/c1-12(13,9-4-2-3-5-9)11-14-10(16-15-11)8-6-7-8/h8-9H,2-7,13H2,1H3. The first-order valence-electron chi connectivity index (χ1n) is 6.31. The molecule has 88 valence electrons. The van der Waals surface area contributed by atoms with E-state index in [-0.39, 0.29) is 0 Å². The zero-order chi connectivity index (χ0) is 11.2. The van der Waals surface area contributed by atoms with Crippen molar-refractivity contribution in [1.82, 2.24) is 10.1 Å². The van der Waals surface area contributed by atoms with Crippen LogP contribution in [-0.4, -0.2) is 10.1 Å². The van der Waals surface area contributed by atoms with E-state index in [0.29, 0.717) is 17.7 Å². The Hall–Kier alpha value is -0.900. The predicted octanol–water partition coefficient (Wildman–Crippen LogP) is 2.31. The molecule has 0 spiro atoms. The first-order valence-corrected chi connectivity index (χ1v) is 6.31. The molecule has 2 aliphatic rings. The molecule has 3 rings (SSSR count). The van der Waals surface area contributed by atoms with E-state index < -0.39 is 5.54 Å². The minimum atomic E-state index is -0.410. The van der Waals surface area contributed by atoms with Gasteiger partial charge in [-0.25, -0.2) is 0 Å². The number of aromatic nitrogens is 2. The summed E-state index contributed by atoms with van der Waals surface area (Å²) in [4.78, 5) is 4.49. The molecule has 0 aromatic carbocycles. The molecular formula is C12H19N3O. The first-order chi connectivity index (χ1) is 7.68. The van der Waals surface area contributed by atoms with Crippen molar-refractivity contribution < 1.29 is 4.52 Å². The Morgan fingerprint density at radius 3 is 2.56 bits per heavy atom. The zero-order valence-electron chi connectivity index (χ0n) is 9.78. The Kier molecular flexibility index (Phi) is 2.28. The van der Waals surface area contributed by atoms with Gasteiger partial charge in [-0.3, -0.25) is 0 Å². The molecule has 0 saturated heterocycles. The lowest BCUT2D eigenvalue weighted by Crippen LogP contribution is -2.41. The van der Waals surface area contributed by atoms with Crippen LogP contribution in [0.3, 0.4) is 0 Å². The van der Waals surface area contributed by atoms with E-state index in [0.717, 1.165) is 5.89 Å². The second kappa shape index (κ2) is 3.55. The van der Waals surface area contributed by atoms with E-state index in [1.165, 1.54) is 38.5 Å². The minimum Gasteiger partial charge on any atom is -0.339 e. The summed E-state index contributed by atoms with van der Waals surface area (Å²) in [5.74, 6) is 2.53. The van der Waals surface area contributed by atoms with Crippen molar-refractivity contribution in [2.24, 2.45) is 11.7 Å². The van der Waals surface area contributed by atoms with Crippen molar-refractivity contribution in [3.63, 3.8) is 0 Å². The Morgan fingerprint density at radius 2 is 1.94 bits per heavy atom. The first kappa shape index (κ1) is 10.3. The summed E-state index contributed by atoms with van der Waals surface area (Å²) in [7, 11) is 0. The van der Waals surface area contributed by atoms with Crippen LogP contribution in [0.5, 0.6) is 0 Å². The fourth-order valence-corrected chi connectivity index (χ4v) is 2.66. The molecule has 0 amide bonds. The summed E-state index contributed by atoms with van der Waals surface area (Å²) in [5, 5.41) is 4.08. The summed E-state index contributed by atoms with van der Waals surface area (Å²) in [6, 6.07) is 0. The fourth-order valence-electron chi connectivity index (χ4n) is 2.66. The van der Waals surface area contributed by atoms with Gasteiger partial charge in [0, 0.05) is 5.92 Å². The van der Waals surface area contributed by atoms with Crippen molar-refractivity contribution in [1.29, 1.82) is 0 Å². The molecule has 0 bridgehead atoms. The highest BCUT2D eigenvalue weighted by atomic mass is 16.5. The zero-order valence-corrected chi connectivity index (χ0v) is 9.78.